The van der Waals surface area contributed by atoms with Crippen molar-refractivity contribution in [2.45, 2.75) is 50.0 Å². The summed E-state index contributed by atoms with van der Waals surface area (Å²) in [6.07, 6.45) is -10.1. The number of nitrogens with one attached hydrogen (secondary N) is 2. The van der Waals surface area contributed by atoms with Crippen LogP contribution in [0.5, 0.6) is 11.5 Å². The lowest BCUT2D eigenvalue weighted by atomic mass is 9.76. The Morgan fingerprint density at radius 3 is 2.17 bits per heavy atom. The highest BCUT2D eigenvalue weighted by molar-refractivity contribution is 6.27. The summed E-state index contributed by atoms with van der Waals surface area (Å²) >= 11 is 0. The van der Waals surface area contributed by atoms with E-state index in [1.807, 2.05) is 0 Å². The molecule has 1 aliphatic rings. The number of hydrogen-bond acceptors (Lipinski definition) is 6. The van der Waals surface area contributed by atoms with Crippen molar-refractivity contribution in [2.75, 3.05) is 13.7 Å². The average Bonchev–Trinajstić information content (AvgIpc) is 3.44. The lowest BCUT2D eigenvalue weighted by molar-refractivity contribution is -0.201. The number of benzene rings is 2. The van der Waals surface area contributed by atoms with E-state index in [-0.39, 0.29) is 41.3 Å². The summed E-state index contributed by atoms with van der Waals surface area (Å²) in [5.74, 6) is -0.464. The van der Waals surface area contributed by atoms with Gasteiger partial charge in [-0.2, -0.15) is 31.6 Å². The number of amides is 1. The van der Waals surface area contributed by atoms with E-state index >= 15 is 0 Å². The summed E-state index contributed by atoms with van der Waals surface area (Å²) in [4.78, 5) is 13.3. The number of hydrogen-bond donors (Lipinski definition) is 2. The van der Waals surface area contributed by atoms with Crippen LogP contribution in [-0.2, 0) is 10.3 Å². The van der Waals surface area contributed by atoms with E-state index in [1.54, 1.807) is 24.3 Å². The van der Waals surface area contributed by atoms with Crippen molar-refractivity contribution in [3.05, 3.63) is 65.5 Å². The van der Waals surface area contributed by atoms with Gasteiger partial charge in [-0.25, -0.2) is 0 Å². The summed E-state index contributed by atoms with van der Waals surface area (Å²) in [6.45, 7) is 0.108. The predicted molar refractivity (Wildman–Crippen MR) is 131 cm³/mol. The molecule has 8 nitrogen and oxygen atoms in total. The molecule has 1 aliphatic heterocycles. The maximum absolute atomic E-state index is 14.8. The Hall–Kier alpha value is -4.10. The lowest BCUT2D eigenvalue weighted by Gasteiger charge is -2.41. The molecule has 0 spiro atoms. The number of nitrogens with zero attached hydrogens (tertiary/aromatic N) is 3. The highest BCUT2D eigenvalue weighted by atomic mass is 19.4. The largest absolute Gasteiger partial charge is 0.497 e. The zero-order chi connectivity index (χ0) is 29.0. The van der Waals surface area contributed by atoms with Crippen LogP contribution in [0, 0.1) is 0 Å². The number of H-pyrrole nitrogens is 1. The van der Waals surface area contributed by atoms with Crippen molar-refractivity contribution in [3.8, 4) is 11.5 Å². The second-order valence-electron chi connectivity index (χ2n) is 9.15. The van der Waals surface area contributed by atoms with Crippen molar-refractivity contribution in [1.29, 1.82) is 0 Å². The van der Waals surface area contributed by atoms with Gasteiger partial charge in [-0.3, -0.25) is 4.79 Å². The van der Waals surface area contributed by atoms with E-state index in [0.29, 0.717) is 24.2 Å². The van der Waals surface area contributed by atoms with Crippen molar-refractivity contribution in [2.24, 2.45) is 0 Å². The number of tetrazole rings is 1. The molecule has 0 bridgehead atoms. The zero-order valence-corrected chi connectivity index (χ0v) is 21.2. The molecule has 0 radical (unpaired) electrons. The smallest absolute Gasteiger partial charge is 0.416 e. The SMILES string of the molecule is COc1ccc(C2=C(c3nn[nH]n3)C(=O)NC(c3ccc(OCCCCCC(F)(F)F)cc3)(C(F)(F)F)C2)cc1. The number of carbonyl (C=O) groups is 1. The van der Waals surface area contributed by atoms with Crippen LogP contribution in [0.25, 0.3) is 11.1 Å². The van der Waals surface area contributed by atoms with Gasteiger partial charge in [0.2, 0.25) is 5.82 Å². The normalized spacial score (nSPS) is 18.0. The maximum Gasteiger partial charge on any atom is 0.416 e. The minimum Gasteiger partial charge on any atom is -0.497 e. The number of aromatic amines is 1. The fourth-order valence-corrected chi connectivity index (χ4v) is 4.47. The first kappa shape index (κ1) is 28.9. The first-order valence-electron chi connectivity index (χ1n) is 12.2. The van der Waals surface area contributed by atoms with E-state index in [1.165, 1.54) is 31.4 Å². The topological polar surface area (TPSA) is 102 Å². The number of rotatable bonds is 10. The molecule has 4 rings (SSSR count). The Kier molecular flexibility index (Phi) is 8.35. The zero-order valence-electron chi connectivity index (χ0n) is 21.2. The highest BCUT2D eigenvalue weighted by Gasteiger charge is 2.59. The standard InChI is InChI=1S/C26H25F6N5O3/c1-39-18-9-5-16(6-10-18)20-15-24(26(30,31)32,33-23(38)21(20)22-34-36-37-35-22)17-7-11-19(12-8-17)40-14-4-2-3-13-25(27,28)29/h5-12H,2-4,13-15H2,1H3,(H,33,38)(H,34,35,36,37). The van der Waals surface area contributed by atoms with Crippen molar-refractivity contribution in [1.82, 2.24) is 25.9 Å². The van der Waals surface area contributed by atoms with Crippen LogP contribution in [0.3, 0.4) is 0 Å². The number of carbonyl (C=O) groups excluding carboxylic acids is 1. The summed E-state index contributed by atoms with van der Waals surface area (Å²) < 4.78 is 91.8. The Bertz CT molecular complexity index is 1320. The van der Waals surface area contributed by atoms with Crippen molar-refractivity contribution >= 4 is 17.1 Å². The second kappa shape index (κ2) is 11.6. The van der Waals surface area contributed by atoms with Gasteiger partial charge in [0, 0.05) is 12.8 Å². The van der Waals surface area contributed by atoms with E-state index < -0.39 is 36.6 Å². The van der Waals surface area contributed by atoms with Gasteiger partial charge < -0.3 is 14.8 Å². The van der Waals surface area contributed by atoms with Crippen LogP contribution >= 0.6 is 0 Å². The molecule has 2 heterocycles. The van der Waals surface area contributed by atoms with Crippen LogP contribution in [0.1, 0.15) is 49.1 Å². The Morgan fingerprint density at radius 2 is 1.60 bits per heavy atom. The third-order valence-corrected chi connectivity index (χ3v) is 6.51. The first-order valence-corrected chi connectivity index (χ1v) is 12.2. The van der Waals surface area contributed by atoms with Crippen LogP contribution in [0.15, 0.2) is 48.5 Å². The van der Waals surface area contributed by atoms with Gasteiger partial charge in [0.05, 0.1) is 19.3 Å². The molecule has 3 aromatic rings. The van der Waals surface area contributed by atoms with E-state index in [2.05, 4.69) is 25.9 Å². The lowest BCUT2D eigenvalue weighted by Crippen LogP contribution is -2.58. The third kappa shape index (κ3) is 6.37. The summed E-state index contributed by atoms with van der Waals surface area (Å²) in [5, 5.41) is 15.4. The molecular formula is C26H25F6N5O3. The van der Waals surface area contributed by atoms with Crippen LogP contribution in [0.2, 0.25) is 0 Å². The number of unbranched alkanes of at least 4 members (excludes halogenated alkanes) is 2. The molecule has 1 aromatic heterocycles. The minimum atomic E-state index is -4.91. The number of methoxy groups -OCH3 is 1. The molecule has 40 heavy (non-hydrogen) atoms. The minimum absolute atomic E-state index is 0.0322. The van der Waals surface area contributed by atoms with Gasteiger partial charge in [-0.05, 0) is 65.4 Å². The van der Waals surface area contributed by atoms with Crippen LogP contribution in [0.4, 0.5) is 26.3 Å². The molecule has 1 amide bonds. The van der Waals surface area contributed by atoms with Gasteiger partial charge in [0.15, 0.2) is 5.54 Å². The molecule has 2 N–H and O–H groups in total. The second-order valence-corrected chi connectivity index (χ2v) is 9.15. The Balaban J connectivity index is 1.61. The molecule has 214 valence electrons. The number of alkyl halides is 6. The van der Waals surface area contributed by atoms with Gasteiger partial charge in [-0.1, -0.05) is 24.3 Å². The molecule has 0 aliphatic carbocycles. The fraction of sp³-hybridized carbons (Fsp3) is 0.385. The van der Waals surface area contributed by atoms with Crippen LogP contribution in [-0.4, -0.2) is 52.6 Å². The van der Waals surface area contributed by atoms with E-state index in [4.69, 9.17) is 9.47 Å². The quantitative estimate of drug-likeness (QED) is 0.244. The Morgan fingerprint density at radius 1 is 0.925 bits per heavy atom. The van der Waals surface area contributed by atoms with Gasteiger partial charge in [0.25, 0.3) is 5.91 Å². The monoisotopic (exact) mass is 569 g/mol. The molecule has 0 fully saturated rings. The molecule has 14 heteroatoms. The average molecular weight is 570 g/mol. The van der Waals surface area contributed by atoms with Gasteiger partial charge in [-0.15, -0.1) is 10.2 Å². The molecule has 1 unspecified atom stereocenters. The summed E-state index contributed by atoms with van der Waals surface area (Å²) in [7, 11) is 1.45. The molecule has 0 saturated carbocycles. The van der Waals surface area contributed by atoms with E-state index in [0.717, 1.165) is 0 Å². The van der Waals surface area contributed by atoms with Gasteiger partial charge >= 0.3 is 12.4 Å². The fourth-order valence-electron chi connectivity index (χ4n) is 4.47. The molecular weight excluding hydrogens is 544 g/mol. The van der Waals surface area contributed by atoms with E-state index in [9.17, 15) is 31.1 Å². The molecule has 1 atom stereocenters. The van der Waals surface area contributed by atoms with Crippen LogP contribution < -0.4 is 14.8 Å². The number of ether oxygens (including phenoxy) is 2. The maximum atomic E-state index is 14.8. The summed E-state index contributed by atoms with van der Waals surface area (Å²) in [5.41, 5.74) is -2.77. The highest BCUT2D eigenvalue weighted by Crippen LogP contribution is 2.49. The summed E-state index contributed by atoms with van der Waals surface area (Å²) in [6, 6.07) is 11.3. The van der Waals surface area contributed by atoms with Crippen molar-refractivity contribution < 1.29 is 40.6 Å². The number of aromatic nitrogens is 4. The van der Waals surface area contributed by atoms with Gasteiger partial charge in [0.1, 0.15) is 11.5 Å². The predicted octanol–water partition coefficient (Wildman–Crippen LogP) is 5.60. The Labute approximate surface area is 224 Å². The number of halogens is 6. The molecule has 0 saturated heterocycles. The first-order chi connectivity index (χ1) is 18.9. The molecule has 2 aromatic carbocycles. The van der Waals surface area contributed by atoms with Crippen molar-refractivity contribution in [3.63, 3.8) is 0 Å². The third-order valence-electron chi connectivity index (χ3n) is 6.51.